The van der Waals surface area contributed by atoms with Crippen LogP contribution in [0.4, 0.5) is 4.39 Å². The molecule has 0 bridgehead atoms. The first kappa shape index (κ1) is 12.0. The molecule has 0 atom stereocenters. The number of hydrogen-bond acceptors (Lipinski definition) is 4. The lowest BCUT2D eigenvalue weighted by atomic mass is 10.1. The lowest BCUT2D eigenvalue weighted by molar-refractivity contribution is -0.104. The minimum absolute atomic E-state index is 0.0880. The van der Waals surface area contributed by atoms with Crippen molar-refractivity contribution in [1.82, 2.24) is 4.98 Å². The molecule has 2 aromatic rings. The zero-order valence-electron chi connectivity index (χ0n) is 9.32. The maximum atomic E-state index is 13.7. The van der Waals surface area contributed by atoms with Gasteiger partial charge in [-0.15, -0.1) is 0 Å². The van der Waals surface area contributed by atoms with Crippen molar-refractivity contribution in [1.29, 1.82) is 0 Å². The number of benzene rings is 1. The molecule has 0 aliphatic rings. The van der Waals surface area contributed by atoms with E-state index < -0.39 is 17.6 Å². The highest BCUT2D eigenvalue weighted by atomic mass is 19.1. The second-order valence-corrected chi connectivity index (χ2v) is 3.52. The van der Waals surface area contributed by atoms with E-state index in [2.05, 4.69) is 9.72 Å². The number of rotatable bonds is 3. The Hall–Kier alpha value is -2.50. The summed E-state index contributed by atoms with van der Waals surface area (Å²) in [7, 11) is 1.19. The van der Waals surface area contributed by atoms with E-state index in [1.807, 2.05) is 0 Å². The van der Waals surface area contributed by atoms with Crippen LogP contribution in [-0.4, -0.2) is 30.1 Å². The molecule has 5 nitrogen and oxygen atoms in total. The van der Waals surface area contributed by atoms with Crippen molar-refractivity contribution in [3.05, 3.63) is 35.3 Å². The maximum Gasteiger partial charge on any atom is 0.339 e. The average Bonchev–Trinajstić information content (AvgIpc) is 2.83. The molecule has 0 aliphatic carbocycles. The number of H-pyrrole nitrogens is 1. The zero-order chi connectivity index (χ0) is 13.3. The van der Waals surface area contributed by atoms with Crippen LogP contribution in [0.25, 0.3) is 10.9 Å². The number of fused-ring (bicyclic) bond motifs is 1. The van der Waals surface area contributed by atoms with E-state index in [9.17, 15) is 18.8 Å². The smallest absolute Gasteiger partial charge is 0.339 e. The zero-order valence-corrected chi connectivity index (χ0v) is 9.32. The first-order valence-corrected chi connectivity index (χ1v) is 4.97. The van der Waals surface area contributed by atoms with E-state index in [1.165, 1.54) is 19.4 Å². The quantitative estimate of drug-likeness (QED) is 0.387. The van der Waals surface area contributed by atoms with Gasteiger partial charge in [0.25, 0.3) is 0 Å². The monoisotopic (exact) mass is 249 g/mol. The molecule has 0 saturated carbocycles. The Labute approximate surface area is 101 Å². The number of ketones is 1. The fourth-order valence-electron chi connectivity index (χ4n) is 1.74. The summed E-state index contributed by atoms with van der Waals surface area (Å²) < 4.78 is 18.2. The molecule has 1 N–H and O–H groups in total. The minimum Gasteiger partial charge on any atom is -0.465 e. The van der Waals surface area contributed by atoms with Gasteiger partial charge < -0.3 is 9.72 Å². The standard InChI is InChI=1S/C12H8FNO4/c1-18-12(17)6-2-3-8(13)10-7(9(16)5-15)4-14-11(6)10/h2-5,14H,1H3. The third-order valence-corrected chi connectivity index (χ3v) is 2.56. The highest BCUT2D eigenvalue weighted by Crippen LogP contribution is 2.25. The highest BCUT2D eigenvalue weighted by Gasteiger charge is 2.20. The van der Waals surface area contributed by atoms with Gasteiger partial charge in [0.15, 0.2) is 6.29 Å². The van der Waals surface area contributed by atoms with Crippen molar-refractivity contribution >= 4 is 28.9 Å². The molecule has 0 unspecified atom stereocenters. The van der Waals surface area contributed by atoms with Crippen LogP contribution in [0.15, 0.2) is 18.3 Å². The summed E-state index contributed by atoms with van der Waals surface area (Å²) >= 11 is 0. The Balaban J connectivity index is 2.78. The van der Waals surface area contributed by atoms with E-state index in [1.54, 1.807) is 0 Å². The maximum absolute atomic E-state index is 13.7. The van der Waals surface area contributed by atoms with E-state index in [-0.39, 0.29) is 28.3 Å². The number of halogens is 1. The van der Waals surface area contributed by atoms with E-state index in [4.69, 9.17) is 0 Å². The Morgan fingerprint density at radius 2 is 2.06 bits per heavy atom. The molecule has 0 spiro atoms. The second kappa shape index (κ2) is 4.40. The topological polar surface area (TPSA) is 76.2 Å². The van der Waals surface area contributed by atoms with E-state index >= 15 is 0 Å². The third-order valence-electron chi connectivity index (χ3n) is 2.56. The molecule has 1 aromatic carbocycles. The SMILES string of the molecule is COC(=O)c1ccc(F)c2c(C(=O)C=O)c[nH]c12. The molecule has 0 amide bonds. The average molecular weight is 249 g/mol. The molecule has 0 radical (unpaired) electrons. The van der Waals surface area contributed by atoms with Gasteiger partial charge in [-0.1, -0.05) is 0 Å². The van der Waals surface area contributed by atoms with Crippen molar-refractivity contribution in [2.24, 2.45) is 0 Å². The van der Waals surface area contributed by atoms with Gasteiger partial charge >= 0.3 is 5.97 Å². The number of carbonyl (C=O) groups excluding carboxylic acids is 3. The van der Waals surface area contributed by atoms with Gasteiger partial charge in [-0.2, -0.15) is 0 Å². The predicted molar refractivity (Wildman–Crippen MR) is 60.0 cm³/mol. The summed E-state index contributed by atoms with van der Waals surface area (Å²) in [6, 6.07) is 2.29. The Bertz CT molecular complexity index is 659. The van der Waals surface area contributed by atoms with Gasteiger partial charge in [0.05, 0.1) is 23.8 Å². The van der Waals surface area contributed by atoms with Crippen molar-refractivity contribution in [3.8, 4) is 0 Å². The van der Waals surface area contributed by atoms with Crippen LogP contribution in [0.5, 0.6) is 0 Å². The number of carbonyl (C=O) groups is 3. The molecule has 6 heteroatoms. The number of Topliss-reactive ketones (excluding diaryl/α,β-unsaturated/α-hetero) is 1. The Kier molecular flexibility index (Phi) is 2.93. The van der Waals surface area contributed by atoms with Crippen LogP contribution in [0.1, 0.15) is 20.7 Å². The van der Waals surface area contributed by atoms with Gasteiger partial charge in [0, 0.05) is 11.6 Å². The molecule has 0 saturated heterocycles. The number of methoxy groups -OCH3 is 1. The largest absolute Gasteiger partial charge is 0.465 e. The Morgan fingerprint density at radius 3 is 2.67 bits per heavy atom. The molecule has 0 fully saturated rings. The molecule has 1 heterocycles. The van der Waals surface area contributed by atoms with Crippen LogP contribution in [0.3, 0.4) is 0 Å². The number of aromatic amines is 1. The van der Waals surface area contributed by atoms with E-state index in [0.29, 0.717) is 0 Å². The number of hydrogen-bond donors (Lipinski definition) is 1. The van der Waals surface area contributed by atoms with Crippen LogP contribution in [-0.2, 0) is 9.53 Å². The number of nitrogens with one attached hydrogen (secondary N) is 1. The molecule has 18 heavy (non-hydrogen) atoms. The fourth-order valence-corrected chi connectivity index (χ4v) is 1.74. The van der Waals surface area contributed by atoms with Gasteiger partial charge in [-0.3, -0.25) is 9.59 Å². The normalized spacial score (nSPS) is 10.3. The number of aldehydes is 1. The van der Waals surface area contributed by atoms with Gasteiger partial charge in [-0.05, 0) is 12.1 Å². The first-order chi connectivity index (χ1) is 8.60. The molecule has 92 valence electrons. The molecular weight excluding hydrogens is 241 g/mol. The van der Waals surface area contributed by atoms with Crippen molar-refractivity contribution in [2.45, 2.75) is 0 Å². The van der Waals surface area contributed by atoms with Gasteiger partial charge in [0.1, 0.15) is 5.82 Å². The molecule has 1 aromatic heterocycles. The molecular formula is C12H8FNO4. The fraction of sp³-hybridized carbons (Fsp3) is 0.0833. The van der Waals surface area contributed by atoms with Crippen molar-refractivity contribution in [2.75, 3.05) is 7.11 Å². The van der Waals surface area contributed by atoms with Gasteiger partial charge in [0.2, 0.25) is 5.78 Å². The van der Waals surface area contributed by atoms with Gasteiger partial charge in [-0.25, -0.2) is 9.18 Å². The van der Waals surface area contributed by atoms with Crippen LogP contribution in [0, 0.1) is 5.82 Å². The summed E-state index contributed by atoms with van der Waals surface area (Å²) in [6.07, 6.45) is 1.28. The molecule has 0 aliphatic heterocycles. The minimum atomic E-state index is -0.859. The number of aromatic nitrogens is 1. The predicted octanol–water partition coefficient (Wildman–Crippen LogP) is 1.48. The van der Waals surface area contributed by atoms with E-state index in [0.717, 1.165) is 6.07 Å². The lowest BCUT2D eigenvalue weighted by Crippen LogP contribution is -2.03. The number of ether oxygens (including phenoxy) is 1. The van der Waals surface area contributed by atoms with Crippen LogP contribution < -0.4 is 0 Å². The van der Waals surface area contributed by atoms with Crippen LogP contribution >= 0.6 is 0 Å². The van der Waals surface area contributed by atoms with Crippen molar-refractivity contribution in [3.63, 3.8) is 0 Å². The highest BCUT2D eigenvalue weighted by molar-refractivity contribution is 6.36. The summed E-state index contributed by atoms with van der Waals surface area (Å²) in [6.45, 7) is 0. The first-order valence-electron chi connectivity index (χ1n) is 4.97. The molecule has 2 rings (SSSR count). The number of esters is 1. The third kappa shape index (κ3) is 1.67. The van der Waals surface area contributed by atoms with Crippen LogP contribution in [0.2, 0.25) is 0 Å². The summed E-state index contributed by atoms with van der Waals surface area (Å²) in [4.78, 5) is 35.9. The summed E-state index contributed by atoms with van der Waals surface area (Å²) in [5.74, 6) is -2.21. The summed E-state index contributed by atoms with van der Waals surface area (Å²) in [5, 5.41) is -0.0880. The lowest BCUT2D eigenvalue weighted by Gasteiger charge is -2.02. The summed E-state index contributed by atoms with van der Waals surface area (Å²) in [5.41, 5.74) is 0.120. The van der Waals surface area contributed by atoms with Crippen molar-refractivity contribution < 1.29 is 23.5 Å². The second-order valence-electron chi connectivity index (χ2n) is 3.52. The Morgan fingerprint density at radius 1 is 1.33 bits per heavy atom.